The molecule has 0 atom stereocenters. The molecule has 6 heteroatoms. The van der Waals surface area contributed by atoms with Crippen LogP contribution in [0.25, 0.3) is 11.2 Å². The Morgan fingerprint density at radius 2 is 1.63 bits per heavy atom. The first-order chi connectivity index (χ1) is 8.78. The third kappa shape index (κ3) is 1.95. The molecule has 0 aliphatic carbocycles. The number of rotatable bonds is 1. The molecule has 0 N–H and O–H groups in total. The lowest BCUT2D eigenvalue weighted by Gasteiger charge is -2.32. The van der Waals surface area contributed by atoms with Gasteiger partial charge < -0.3 is 13.7 Å². The third-order valence-electron chi connectivity index (χ3n) is 3.88. The second-order valence-corrected chi connectivity index (χ2v) is 5.88. The van der Waals surface area contributed by atoms with Gasteiger partial charge in [-0.1, -0.05) is 0 Å². The van der Waals surface area contributed by atoms with Crippen molar-refractivity contribution in [1.29, 1.82) is 0 Å². The van der Waals surface area contributed by atoms with Crippen molar-refractivity contribution in [1.82, 2.24) is 9.97 Å². The molecule has 2 aromatic rings. The molecule has 19 heavy (non-hydrogen) atoms. The van der Waals surface area contributed by atoms with Gasteiger partial charge in [-0.25, -0.2) is 4.98 Å². The molecule has 1 fully saturated rings. The number of pyridine rings is 1. The number of aryl methyl sites for hydroxylation is 1. The third-order valence-corrected chi connectivity index (χ3v) is 3.88. The molecule has 100 valence electrons. The van der Waals surface area contributed by atoms with Gasteiger partial charge in [0.25, 0.3) is 0 Å². The molecule has 0 unspecified atom stereocenters. The van der Waals surface area contributed by atoms with E-state index in [4.69, 9.17) is 13.7 Å². The minimum atomic E-state index is -0.466. The zero-order valence-electron chi connectivity index (χ0n) is 11.9. The summed E-state index contributed by atoms with van der Waals surface area (Å²) in [7, 11) is -0.466. The van der Waals surface area contributed by atoms with Gasteiger partial charge in [-0.15, -0.1) is 0 Å². The van der Waals surface area contributed by atoms with E-state index in [0.717, 1.165) is 5.59 Å². The Balaban J connectivity index is 1.97. The highest BCUT2D eigenvalue weighted by Gasteiger charge is 2.52. The standard InChI is InChI=1S/C13H17BN2O3/c1-8-15-11-9(17-8)6-7-10(16-11)14-18-12(2,3)13(4,5)19-14/h6-7H,1-5H3. The van der Waals surface area contributed by atoms with Crippen molar-refractivity contribution in [3.8, 4) is 0 Å². The van der Waals surface area contributed by atoms with E-state index in [0.29, 0.717) is 17.1 Å². The number of aromatic nitrogens is 2. The first-order valence-electron chi connectivity index (χ1n) is 6.38. The van der Waals surface area contributed by atoms with Crippen molar-refractivity contribution in [2.24, 2.45) is 0 Å². The Labute approximate surface area is 112 Å². The Morgan fingerprint density at radius 3 is 2.26 bits per heavy atom. The average Bonchev–Trinajstić information content (AvgIpc) is 2.74. The van der Waals surface area contributed by atoms with Crippen molar-refractivity contribution in [2.75, 3.05) is 0 Å². The normalized spacial score (nSPS) is 21.2. The number of nitrogens with zero attached hydrogens (tertiary/aromatic N) is 2. The van der Waals surface area contributed by atoms with Gasteiger partial charge in [0.05, 0.1) is 16.8 Å². The number of fused-ring (bicyclic) bond motifs is 1. The van der Waals surface area contributed by atoms with E-state index < -0.39 is 7.12 Å². The molecule has 5 nitrogen and oxygen atoms in total. The largest absolute Gasteiger partial charge is 0.514 e. The SMILES string of the molecule is Cc1nc2nc(B3OC(C)(C)C(C)(C)O3)ccc2o1. The van der Waals surface area contributed by atoms with Crippen LogP contribution in [0.5, 0.6) is 0 Å². The molecule has 0 bridgehead atoms. The van der Waals surface area contributed by atoms with Gasteiger partial charge >= 0.3 is 7.12 Å². The Morgan fingerprint density at radius 1 is 1.00 bits per heavy atom. The van der Waals surface area contributed by atoms with Gasteiger partial charge in [-0.2, -0.15) is 4.98 Å². The zero-order valence-corrected chi connectivity index (χ0v) is 11.9. The van der Waals surface area contributed by atoms with Crippen LogP contribution in [-0.2, 0) is 9.31 Å². The maximum absolute atomic E-state index is 5.96. The van der Waals surface area contributed by atoms with Gasteiger partial charge in [0.2, 0.25) is 0 Å². The molecule has 0 saturated carbocycles. The van der Waals surface area contributed by atoms with E-state index in [-0.39, 0.29) is 11.2 Å². The first kappa shape index (κ1) is 12.6. The second kappa shape index (κ2) is 3.80. The van der Waals surface area contributed by atoms with E-state index >= 15 is 0 Å². The van der Waals surface area contributed by atoms with E-state index in [2.05, 4.69) is 9.97 Å². The van der Waals surface area contributed by atoms with Gasteiger partial charge in [-0.3, -0.25) is 0 Å². The van der Waals surface area contributed by atoms with Crippen molar-refractivity contribution in [3.63, 3.8) is 0 Å². The number of hydrogen-bond donors (Lipinski definition) is 0. The van der Waals surface area contributed by atoms with Gasteiger partial charge in [0.1, 0.15) is 0 Å². The van der Waals surface area contributed by atoms with Crippen molar-refractivity contribution < 1.29 is 13.7 Å². The van der Waals surface area contributed by atoms with E-state index in [1.165, 1.54) is 0 Å². The van der Waals surface area contributed by atoms with Crippen molar-refractivity contribution in [2.45, 2.75) is 45.8 Å². The van der Waals surface area contributed by atoms with E-state index in [1.54, 1.807) is 6.92 Å². The summed E-state index contributed by atoms with van der Waals surface area (Å²) < 4.78 is 17.3. The summed E-state index contributed by atoms with van der Waals surface area (Å²) in [6.07, 6.45) is 0. The molecule has 0 amide bonds. The highest BCUT2D eigenvalue weighted by Crippen LogP contribution is 2.36. The zero-order chi connectivity index (χ0) is 13.8. The Kier molecular flexibility index (Phi) is 2.53. The summed E-state index contributed by atoms with van der Waals surface area (Å²) >= 11 is 0. The van der Waals surface area contributed by atoms with Crippen LogP contribution < -0.4 is 5.59 Å². The Bertz CT molecular complexity index is 620. The van der Waals surface area contributed by atoms with Gasteiger partial charge in [0, 0.05) is 6.92 Å². The quantitative estimate of drug-likeness (QED) is 0.732. The maximum atomic E-state index is 5.96. The smallest absolute Gasteiger partial charge is 0.439 e. The molecular weight excluding hydrogens is 243 g/mol. The lowest BCUT2D eigenvalue weighted by molar-refractivity contribution is 0.00578. The fraction of sp³-hybridized carbons (Fsp3) is 0.538. The molecule has 3 heterocycles. The van der Waals surface area contributed by atoms with Gasteiger partial charge in [0.15, 0.2) is 17.1 Å². The minimum absolute atomic E-state index is 0.367. The average molecular weight is 260 g/mol. The molecule has 1 aliphatic rings. The lowest BCUT2D eigenvalue weighted by atomic mass is 9.84. The molecule has 2 aromatic heterocycles. The predicted octanol–water partition coefficient (Wildman–Crippen LogP) is 1.83. The van der Waals surface area contributed by atoms with Crippen LogP contribution in [-0.4, -0.2) is 28.3 Å². The second-order valence-electron chi connectivity index (χ2n) is 5.88. The first-order valence-corrected chi connectivity index (χ1v) is 6.38. The monoisotopic (exact) mass is 260 g/mol. The van der Waals surface area contributed by atoms with E-state index in [1.807, 2.05) is 39.8 Å². The van der Waals surface area contributed by atoms with Crippen LogP contribution in [0.1, 0.15) is 33.6 Å². The van der Waals surface area contributed by atoms with Crippen LogP contribution in [0.15, 0.2) is 16.5 Å². The van der Waals surface area contributed by atoms with Crippen LogP contribution in [0, 0.1) is 6.92 Å². The Hall–Kier alpha value is -1.40. The van der Waals surface area contributed by atoms with Crippen LogP contribution in [0.4, 0.5) is 0 Å². The molecule has 1 aliphatic heterocycles. The molecular formula is C13H17BN2O3. The minimum Gasteiger partial charge on any atom is -0.439 e. The topological polar surface area (TPSA) is 57.4 Å². The summed E-state index contributed by atoms with van der Waals surface area (Å²) in [5.74, 6) is 0.605. The predicted molar refractivity (Wildman–Crippen MR) is 72.3 cm³/mol. The van der Waals surface area contributed by atoms with Gasteiger partial charge in [-0.05, 0) is 39.8 Å². The van der Waals surface area contributed by atoms with Crippen LogP contribution in [0.3, 0.4) is 0 Å². The maximum Gasteiger partial charge on any atom is 0.514 e. The number of oxazole rings is 1. The fourth-order valence-electron chi connectivity index (χ4n) is 2.04. The molecule has 1 saturated heterocycles. The fourth-order valence-corrected chi connectivity index (χ4v) is 2.04. The molecule has 3 rings (SSSR count). The highest BCUT2D eigenvalue weighted by atomic mass is 16.7. The summed E-state index contributed by atoms with van der Waals surface area (Å²) in [6.45, 7) is 9.88. The van der Waals surface area contributed by atoms with Crippen molar-refractivity contribution >= 4 is 23.9 Å². The number of hydrogen-bond acceptors (Lipinski definition) is 5. The van der Waals surface area contributed by atoms with E-state index in [9.17, 15) is 0 Å². The van der Waals surface area contributed by atoms with Crippen molar-refractivity contribution in [3.05, 3.63) is 18.0 Å². The lowest BCUT2D eigenvalue weighted by Crippen LogP contribution is -2.41. The summed E-state index contributed by atoms with van der Waals surface area (Å²) in [5, 5.41) is 0. The van der Waals surface area contributed by atoms with Crippen LogP contribution >= 0.6 is 0 Å². The summed E-state index contributed by atoms with van der Waals surface area (Å²) in [4.78, 5) is 8.68. The van der Waals surface area contributed by atoms with Crippen LogP contribution in [0.2, 0.25) is 0 Å². The molecule has 0 aromatic carbocycles. The molecule has 0 spiro atoms. The summed E-state index contributed by atoms with van der Waals surface area (Å²) in [5.41, 5.74) is 1.25. The summed E-state index contributed by atoms with van der Waals surface area (Å²) in [6, 6.07) is 3.71. The highest BCUT2D eigenvalue weighted by molar-refractivity contribution is 6.61. The molecule has 0 radical (unpaired) electrons.